The molecule has 256 valence electrons. The van der Waals surface area contributed by atoms with Crippen LogP contribution in [0, 0.1) is 10.1 Å². The van der Waals surface area contributed by atoms with Crippen LogP contribution in [0.5, 0.6) is 23.0 Å². The Hall–Kier alpha value is -4.95. The van der Waals surface area contributed by atoms with Crippen LogP contribution in [0.3, 0.4) is 0 Å². The van der Waals surface area contributed by atoms with Crippen molar-refractivity contribution in [2.75, 3.05) is 20.8 Å². The Labute approximate surface area is 294 Å². The summed E-state index contributed by atoms with van der Waals surface area (Å²) in [7, 11) is 3.03. The van der Waals surface area contributed by atoms with E-state index in [0.29, 0.717) is 59.2 Å². The Bertz CT molecular complexity index is 2120. The van der Waals surface area contributed by atoms with Crippen LogP contribution in [0.15, 0.2) is 80.1 Å². The van der Waals surface area contributed by atoms with Gasteiger partial charge in [0.1, 0.15) is 6.61 Å². The summed E-state index contributed by atoms with van der Waals surface area (Å²) in [6.07, 6.45) is 1.58. The number of carbonyl (C=O) groups is 1. The summed E-state index contributed by atoms with van der Waals surface area (Å²) in [5.74, 6) is 1.16. The van der Waals surface area contributed by atoms with Crippen molar-refractivity contribution in [3.8, 4) is 23.0 Å². The first-order valence-corrected chi connectivity index (χ1v) is 16.8. The maximum atomic E-state index is 14.3. The number of nitro groups is 1. The maximum Gasteiger partial charge on any atom is 0.338 e. The minimum absolute atomic E-state index is 0.0287. The highest BCUT2D eigenvalue weighted by Crippen LogP contribution is 2.38. The molecule has 0 fully saturated rings. The summed E-state index contributed by atoms with van der Waals surface area (Å²) in [5, 5.41) is 11.1. The molecular formula is C35H34BrN3O9S. The molecular weight excluding hydrogens is 718 g/mol. The van der Waals surface area contributed by atoms with Crippen molar-refractivity contribution in [1.82, 2.24) is 4.57 Å². The third kappa shape index (κ3) is 7.55. The molecule has 1 atom stereocenters. The van der Waals surface area contributed by atoms with Gasteiger partial charge in [0.05, 0.1) is 53.7 Å². The van der Waals surface area contributed by atoms with E-state index < -0.39 is 16.9 Å². The minimum atomic E-state index is -0.866. The van der Waals surface area contributed by atoms with Gasteiger partial charge in [-0.25, -0.2) is 9.79 Å². The Morgan fingerprint density at radius 1 is 1.08 bits per heavy atom. The first-order valence-electron chi connectivity index (χ1n) is 15.2. The van der Waals surface area contributed by atoms with Gasteiger partial charge >= 0.3 is 5.97 Å². The average molecular weight is 753 g/mol. The highest BCUT2D eigenvalue weighted by molar-refractivity contribution is 9.10. The Kier molecular flexibility index (Phi) is 10.9. The molecule has 1 aliphatic heterocycles. The predicted octanol–water partition coefficient (Wildman–Crippen LogP) is 5.85. The van der Waals surface area contributed by atoms with Gasteiger partial charge in [-0.15, -0.1) is 0 Å². The topological polar surface area (TPSA) is 141 Å². The van der Waals surface area contributed by atoms with Crippen molar-refractivity contribution in [3.63, 3.8) is 0 Å². The number of nitrogens with zero attached hydrogens (tertiary/aromatic N) is 3. The van der Waals surface area contributed by atoms with Crippen LogP contribution in [0.4, 0.5) is 5.69 Å². The van der Waals surface area contributed by atoms with Crippen molar-refractivity contribution in [2.45, 2.75) is 46.4 Å². The molecule has 0 unspecified atom stereocenters. The van der Waals surface area contributed by atoms with Crippen LogP contribution in [0.25, 0.3) is 6.08 Å². The zero-order chi connectivity index (χ0) is 35.4. The van der Waals surface area contributed by atoms with Crippen molar-refractivity contribution in [2.24, 2.45) is 4.99 Å². The van der Waals surface area contributed by atoms with Gasteiger partial charge in [-0.3, -0.25) is 19.5 Å². The van der Waals surface area contributed by atoms with Gasteiger partial charge in [-0.05, 0) is 81.3 Å². The number of rotatable bonds is 12. The van der Waals surface area contributed by atoms with E-state index in [-0.39, 0.29) is 36.1 Å². The highest BCUT2D eigenvalue weighted by atomic mass is 79.9. The SMILES string of the molecule is CCOC(=O)C1=C(C)N=c2s/c(=C/c3cc(Br)cc(OC)c3OCc3ccc([N+](=O)[O-])cc3)c(=O)n2[C@H]1c1ccc(OC(C)C)c(OC)c1. The van der Waals surface area contributed by atoms with Gasteiger partial charge in [0.25, 0.3) is 11.2 Å². The molecule has 4 aromatic rings. The van der Waals surface area contributed by atoms with Gasteiger partial charge in [-0.2, -0.15) is 0 Å². The van der Waals surface area contributed by atoms with E-state index in [9.17, 15) is 19.7 Å². The molecule has 14 heteroatoms. The molecule has 0 aliphatic carbocycles. The molecule has 0 bridgehead atoms. The zero-order valence-corrected chi connectivity index (χ0v) is 30.0. The van der Waals surface area contributed by atoms with Crippen LogP contribution in [0.1, 0.15) is 50.4 Å². The van der Waals surface area contributed by atoms with E-state index in [1.807, 2.05) is 13.8 Å². The standard InChI is InChI=1S/C35H34BrN3O9S/c1-7-46-34(41)30-20(4)37-35-38(31(30)22-10-13-26(48-19(2)3)27(15-22)44-5)33(40)29(49-35)16-23-14-24(36)17-28(45-6)32(23)47-18-21-8-11-25(12-9-21)39(42)43/h8-17,19,31H,7,18H2,1-6H3/b29-16+/t31-/m0/s1. The van der Waals surface area contributed by atoms with Gasteiger partial charge in [0.2, 0.25) is 0 Å². The van der Waals surface area contributed by atoms with Gasteiger partial charge in [0, 0.05) is 22.2 Å². The molecule has 0 saturated carbocycles. The highest BCUT2D eigenvalue weighted by Gasteiger charge is 2.34. The fourth-order valence-corrected chi connectivity index (χ4v) is 6.82. The lowest BCUT2D eigenvalue weighted by Gasteiger charge is -2.25. The fraction of sp³-hybridized carbons (Fsp3) is 0.286. The van der Waals surface area contributed by atoms with Gasteiger partial charge in [0.15, 0.2) is 27.8 Å². The molecule has 5 rings (SSSR count). The second-order valence-electron chi connectivity index (χ2n) is 11.1. The number of aromatic nitrogens is 1. The molecule has 0 N–H and O–H groups in total. The third-order valence-electron chi connectivity index (χ3n) is 7.47. The van der Waals surface area contributed by atoms with Crippen LogP contribution >= 0.6 is 27.3 Å². The molecule has 12 nitrogen and oxygen atoms in total. The first kappa shape index (κ1) is 35.4. The number of non-ortho nitro benzene ring substituents is 1. The summed E-state index contributed by atoms with van der Waals surface area (Å²) < 4.78 is 31.3. The number of ether oxygens (including phenoxy) is 5. The normalized spacial score (nSPS) is 14.3. The number of benzene rings is 3. The molecule has 1 aromatic heterocycles. The fourth-order valence-electron chi connectivity index (χ4n) is 5.33. The number of hydrogen-bond donors (Lipinski definition) is 0. The Morgan fingerprint density at radius 2 is 1.80 bits per heavy atom. The molecule has 0 saturated heterocycles. The predicted molar refractivity (Wildman–Crippen MR) is 187 cm³/mol. The van der Waals surface area contributed by atoms with Crippen molar-refractivity contribution >= 4 is 45.0 Å². The largest absolute Gasteiger partial charge is 0.493 e. The second kappa shape index (κ2) is 15.1. The summed E-state index contributed by atoms with van der Waals surface area (Å²) in [5.41, 5.74) is 2.08. The first-order chi connectivity index (χ1) is 23.4. The Balaban J connectivity index is 1.65. The number of nitro benzene ring substituents is 1. The number of methoxy groups -OCH3 is 2. The Morgan fingerprint density at radius 3 is 2.43 bits per heavy atom. The summed E-state index contributed by atoms with van der Waals surface area (Å²) in [6.45, 7) is 7.47. The number of fused-ring (bicyclic) bond motifs is 1. The van der Waals surface area contributed by atoms with E-state index in [1.54, 1.807) is 62.4 Å². The average Bonchev–Trinajstić information content (AvgIpc) is 3.37. The molecule has 2 heterocycles. The van der Waals surface area contributed by atoms with E-state index in [4.69, 9.17) is 23.7 Å². The number of thiazole rings is 1. The number of carbonyl (C=O) groups excluding carboxylic acids is 1. The van der Waals surface area contributed by atoms with E-state index >= 15 is 0 Å². The summed E-state index contributed by atoms with van der Waals surface area (Å²) in [6, 6.07) is 14.0. The molecule has 3 aromatic carbocycles. The van der Waals surface area contributed by atoms with Crippen molar-refractivity contribution in [3.05, 3.63) is 117 Å². The minimum Gasteiger partial charge on any atom is -0.493 e. The van der Waals surface area contributed by atoms with Crippen molar-refractivity contribution in [1.29, 1.82) is 0 Å². The zero-order valence-electron chi connectivity index (χ0n) is 27.6. The lowest BCUT2D eigenvalue weighted by Crippen LogP contribution is -2.40. The molecule has 49 heavy (non-hydrogen) atoms. The quantitative estimate of drug-likeness (QED) is 0.0990. The smallest absolute Gasteiger partial charge is 0.338 e. The molecule has 0 amide bonds. The summed E-state index contributed by atoms with van der Waals surface area (Å²) >= 11 is 4.68. The van der Waals surface area contributed by atoms with Gasteiger partial charge < -0.3 is 23.7 Å². The number of hydrogen-bond acceptors (Lipinski definition) is 11. The molecule has 0 spiro atoms. The monoisotopic (exact) mass is 751 g/mol. The number of allylic oxidation sites excluding steroid dienone is 1. The lowest BCUT2D eigenvalue weighted by atomic mass is 9.95. The lowest BCUT2D eigenvalue weighted by molar-refractivity contribution is -0.384. The molecule has 1 aliphatic rings. The van der Waals surface area contributed by atoms with Crippen LogP contribution in [-0.2, 0) is 16.1 Å². The van der Waals surface area contributed by atoms with E-state index in [1.165, 1.54) is 30.9 Å². The maximum absolute atomic E-state index is 14.3. The van der Waals surface area contributed by atoms with E-state index in [2.05, 4.69) is 20.9 Å². The second-order valence-corrected chi connectivity index (χ2v) is 13.0. The van der Waals surface area contributed by atoms with Crippen molar-refractivity contribution < 1.29 is 33.4 Å². The number of halogens is 1. The number of esters is 1. The van der Waals surface area contributed by atoms with Gasteiger partial charge in [-0.1, -0.05) is 33.3 Å². The van der Waals surface area contributed by atoms with Crippen LogP contribution < -0.4 is 33.8 Å². The van der Waals surface area contributed by atoms with E-state index in [0.717, 1.165) is 11.3 Å². The van der Waals surface area contributed by atoms with Crippen LogP contribution in [-0.4, -0.2) is 42.4 Å². The third-order valence-corrected chi connectivity index (χ3v) is 8.91. The van der Waals surface area contributed by atoms with Crippen LogP contribution in [0.2, 0.25) is 0 Å². The summed E-state index contributed by atoms with van der Waals surface area (Å²) in [4.78, 5) is 43.4. The molecule has 0 radical (unpaired) electrons.